The van der Waals surface area contributed by atoms with Gasteiger partial charge in [0.15, 0.2) is 6.61 Å². The number of nitrogens with one attached hydrogen (secondary N) is 1. The minimum atomic E-state index is -0.134. The van der Waals surface area contributed by atoms with Crippen LogP contribution in [0.25, 0.3) is 0 Å². The largest absolute Gasteiger partial charge is 0.482 e. The fourth-order valence-electron chi connectivity index (χ4n) is 2.83. The number of ether oxygens (including phenoxy) is 1. The Morgan fingerprint density at radius 3 is 2.76 bits per heavy atom. The molecule has 0 aliphatic carbocycles. The second-order valence-corrected chi connectivity index (χ2v) is 6.72. The molecule has 5 nitrogen and oxygen atoms in total. The molecular formula is C19H19BrN2O3. The summed E-state index contributed by atoms with van der Waals surface area (Å²) in [5, 5.41) is 2.98. The van der Waals surface area contributed by atoms with Crippen LogP contribution < -0.4 is 15.0 Å². The van der Waals surface area contributed by atoms with Crippen LogP contribution in [-0.2, 0) is 9.59 Å². The van der Waals surface area contributed by atoms with E-state index in [1.807, 2.05) is 55.5 Å². The van der Waals surface area contributed by atoms with Gasteiger partial charge in [-0.3, -0.25) is 9.59 Å². The summed E-state index contributed by atoms with van der Waals surface area (Å²) >= 11 is 3.50. The molecule has 2 aromatic rings. The number of para-hydroxylation sites is 2. The predicted octanol–water partition coefficient (Wildman–Crippen LogP) is 3.44. The van der Waals surface area contributed by atoms with E-state index in [9.17, 15) is 9.59 Å². The van der Waals surface area contributed by atoms with Crippen molar-refractivity contribution in [3.05, 3.63) is 58.6 Å². The van der Waals surface area contributed by atoms with Crippen LogP contribution in [0.15, 0.2) is 53.0 Å². The molecular weight excluding hydrogens is 384 g/mol. The second kappa shape index (κ2) is 7.70. The molecule has 1 heterocycles. The zero-order valence-electron chi connectivity index (χ0n) is 13.9. The summed E-state index contributed by atoms with van der Waals surface area (Å²) in [6.07, 6.45) is 0.231. The first-order valence-corrected chi connectivity index (χ1v) is 8.91. The van der Waals surface area contributed by atoms with Crippen molar-refractivity contribution >= 4 is 33.4 Å². The maximum Gasteiger partial charge on any atom is 0.265 e. The smallest absolute Gasteiger partial charge is 0.265 e. The van der Waals surface area contributed by atoms with Crippen molar-refractivity contribution in [2.24, 2.45) is 0 Å². The zero-order chi connectivity index (χ0) is 17.8. The number of anilines is 1. The van der Waals surface area contributed by atoms with Crippen LogP contribution in [0.1, 0.15) is 24.9 Å². The molecule has 0 unspecified atom stereocenters. The Kier molecular flexibility index (Phi) is 5.38. The second-order valence-electron chi connectivity index (χ2n) is 5.86. The maximum absolute atomic E-state index is 12.3. The average molecular weight is 403 g/mol. The highest BCUT2D eigenvalue weighted by Gasteiger charge is 2.25. The van der Waals surface area contributed by atoms with Crippen molar-refractivity contribution < 1.29 is 14.3 Å². The minimum Gasteiger partial charge on any atom is -0.482 e. The van der Waals surface area contributed by atoms with Crippen molar-refractivity contribution in [1.82, 2.24) is 5.32 Å². The fraction of sp³-hybridized carbons (Fsp3) is 0.263. The van der Waals surface area contributed by atoms with Crippen molar-refractivity contribution in [2.45, 2.75) is 19.4 Å². The molecule has 1 atom stereocenters. The Morgan fingerprint density at radius 1 is 1.24 bits per heavy atom. The average Bonchev–Trinajstić information content (AvgIpc) is 2.61. The maximum atomic E-state index is 12.3. The normalized spacial score (nSPS) is 14.5. The van der Waals surface area contributed by atoms with Gasteiger partial charge in [-0.1, -0.05) is 46.3 Å². The SMILES string of the molecule is C[C@@H](NC(=O)CCN1C(=O)COc2ccccc21)c1ccccc1Br. The van der Waals surface area contributed by atoms with Gasteiger partial charge < -0.3 is 15.0 Å². The Bertz CT molecular complexity index is 794. The van der Waals surface area contributed by atoms with E-state index >= 15 is 0 Å². The zero-order valence-corrected chi connectivity index (χ0v) is 15.5. The summed E-state index contributed by atoms with van der Waals surface area (Å²) in [5.74, 6) is 0.439. The first kappa shape index (κ1) is 17.5. The number of hydrogen-bond acceptors (Lipinski definition) is 3. The first-order valence-electron chi connectivity index (χ1n) is 8.12. The molecule has 0 saturated carbocycles. The van der Waals surface area contributed by atoms with Crippen molar-refractivity contribution in [1.29, 1.82) is 0 Å². The molecule has 0 radical (unpaired) electrons. The lowest BCUT2D eigenvalue weighted by Crippen LogP contribution is -2.41. The van der Waals surface area contributed by atoms with Gasteiger partial charge >= 0.3 is 0 Å². The summed E-state index contributed by atoms with van der Waals surface area (Å²) in [4.78, 5) is 26.0. The number of benzene rings is 2. The van der Waals surface area contributed by atoms with Crippen LogP contribution in [0.2, 0.25) is 0 Å². The number of nitrogens with zero attached hydrogens (tertiary/aromatic N) is 1. The molecule has 130 valence electrons. The van der Waals surface area contributed by atoms with Gasteiger partial charge in [-0.05, 0) is 30.7 Å². The van der Waals surface area contributed by atoms with E-state index < -0.39 is 0 Å². The Balaban J connectivity index is 1.61. The highest BCUT2D eigenvalue weighted by Crippen LogP contribution is 2.31. The van der Waals surface area contributed by atoms with Gasteiger partial charge in [-0.25, -0.2) is 0 Å². The molecule has 25 heavy (non-hydrogen) atoms. The number of hydrogen-bond donors (Lipinski definition) is 1. The predicted molar refractivity (Wildman–Crippen MR) is 99.6 cm³/mol. The van der Waals surface area contributed by atoms with Crippen LogP contribution in [-0.4, -0.2) is 25.0 Å². The highest BCUT2D eigenvalue weighted by atomic mass is 79.9. The van der Waals surface area contributed by atoms with E-state index in [0.717, 1.165) is 10.0 Å². The molecule has 1 aliphatic rings. The standard InChI is InChI=1S/C19H19BrN2O3/c1-13(14-6-2-3-7-15(14)20)21-18(23)10-11-22-16-8-4-5-9-17(16)25-12-19(22)24/h2-9,13H,10-12H2,1H3,(H,21,23)/t13-/m1/s1. The number of carbonyl (C=O) groups is 2. The van der Waals surface area contributed by atoms with Gasteiger partial charge in [0.2, 0.25) is 5.91 Å². The van der Waals surface area contributed by atoms with Crippen LogP contribution in [0.4, 0.5) is 5.69 Å². The Hall–Kier alpha value is -2.34. The van der Waals surface area contributed by atoms with Crippen LogP contribution in [0.5, 0.6) is 5.75 Å². The van der Waals surface area contributed by atoms with E-state index in [1.54, 1.807) is 4.90 Å². The van der Waals surface area contributed by atoms with Crippen LogP contribution in [0, 0.1) is 0 Å². The Labute approximate surface area is 155 Å². The molecule has 6 heteroatoms. The van der Waals surface area contributed by atoms with E-state index in [-0.39, 0.29) is 30.9 Å². The fourth-order valence-corrected chi connectivity index (χ4v) is 3.46. The molecule has 1 aliphatic heterocycles. The number of carbonyl (C=O) groups excluding carboxylic acids is 2. The molecule has 0 bridgehead atoms. The topological polar surface area (TPSA) is 58.6 Å². The van der Waals surface area contributed by atoms with Gasteiger partial charge in [-0.15, -0.1) is 0 Å². The summed E-state index contributed by atoms with van der Waals surface area (Å²) in [6.45, 7) is 2.27. The number of amides is 2. The number of fused-ring (bicyclic) bond motifs is 1. The van der Waals surface area contributed by atoms with Crippen LogP contribution in [0.3, 0.4) is 0 Å². The summed E-state index contributed by atoms with van der Waals surface area (Å²) in [6, 6.07) is 15.0. The van der Waals surface area contributed by atoms with Gasteiger partial charge in [0.25, 0.3) is 5.91 Å². The van der Waals surface area contributed by atoms with Gasteiger partial charge in [-0.2, -0.15) is 0 Å². The lowest BCUT2D eigenvalue weighted by Gasteiger charge is -2.29. The van der Waals surface area contributed by atoms with E-state index in [2.05, 4.69) is 21.2 Å². The highest BCUT2D eigenvalue weighted by molar-refractivity contribution is 9.10. The lowest BCUT2D eigenvalue weighted by atomic mass is 10.1. The lowest BCUT2D eigenvalue weighted by molar-refractivity contribution is -0.122. The van der Waals surface area contributed by atoms with E-state index in [0.29, 0.717) is 18.0 Å². The van der Waals surface area contributed by atoms with Crippen molar-refractivity contribution in [3.63, 3.8) is 0 Å². The third-order valence-electron chi connectivity index (χ3n) is 4.12. The molecule has 1 N–H and O–H groups in total. The minimum absolute atomic E-state index is 0.00595. The third kappa shape index (κ3) is 4.02. The first-order chi connectivity index (χ1) is 12.1. The summed E-state index contributed by atoms with van der Waals surface area (Å²) in [7, 11) is 0. The van der Waals surface area contributed by atoms with Crippen molar-refractivity contribution in [2.75, 3.05) is 18.1 Å². The van der Waals surface area contributed by atoms with Gasteiger partial charge in [0.05, 0.1) is 11.7 Å². The Morgan fingerprint density at radius 2 is 1.96 bits per heavy atom. The quantitative estimate of drug-likeness (QED) is 0.832. The van der Waals surface area contributed by atoms with E-state index in [1.165, 1.54) is 0 Å². The molecule has 0 aromatic heterocycles. The molecule has 2 aromatic carbocycles. The van der Waals surface area contributed by atoms with Crippen LogP contribution >= 0.6 is 15.9 Å². The number of rotatable bonds is 5. The molecule has 0 saturated heterocycles. The van der Waals surface area contributed by atoms with Gasteiger partial charge in [0, 0.05) is 17.4 Å². The third-order valence-corrected chi connectivity index (χ3v) is 4.84. The summed E-state index contributed by atoms with van der Waals surface area (Å²) < 4.78 is 6.37. The molecule has 0 fully saturated rings. The number of halogens is 1. The van der Waals surface area contributed by atoms with Gasteiger partial charge in [0.1, 0.15) is 5.75 Å². The molecule has 0 spiro atoms. The molecule has 3 rings (SSSR count). The van der Waals surface area contributed by atoms with E-state index in [4.69, 9.17) is 4.74 Å². The van der Waals surface area contributed by atoms with Crippen molar-refractivity contribution in [3.8, 4) is 5.75 Å². The molecule has 2 amide bonds. The summed E-state index contributed by atoms with van der Waals surface area (Å²) in [5.41, 5.74) is 1.73. The monoisotopic (exact) mass is 402 g/mol.